The van der Waals surface area contributed by atoms with Gasteiger partial charge in [0.1, 0.15) is 28.8 Å². The molecule has 0 radical (unpaired) electrons. The second kappa shape index (κ2) is 7.75. The zero-order valence-corrected chi connectivity index (χ0v) is 18.4. The summed E-state index contributed by atoms with van der Waals surface area (Å²) in [6, 6.07) is 4.01. The number of nitrogens with two attached hydrogens (primary N) is 1. The van der Waals surface area contributed by atoms with E-state index in [1.54, 1.807) is 14.2 Å². The zero-order chi connectivity index (χ0) is 22.3. The standard InChI is InChI=1S/C22H25N7O2/c1-10(24-5)17(9-23)28-22-20-14-8-18(30-6)15(19-11(2)29-31-12(19)3)7-16(14)27-21(20)25-13(4)26-22/h7-9H,23H2,1-6H3,(H2,25,26,27,28). The lowest BCUT2D eigenvalue weighted by molar-refractivity contribution is 0.393. The summed E-state index contributed by atoms with van der Waals surface area (Å²) in [6.45, 7) is 7.53. The van der Waals surface area contributed by atoms with Crippen LogP contribution in [0.4, 0.5) is 5.82 Å². The minimum Gasteiger partial charge on any atom is -0.496 e. The number of ether oxygens (including phenoxy) is 1. The highest BCUT2D eigenvalue weighted by molar-refractivity contribution is 6.14. The van der Waals surface area contributed by atoms with Gasteiger partial charge in [0.15, 0.2) is 0 Å². The highest BCUT2D eigenvalue weighted by Crippen LogP contribution is 2.40. The molecule has 0 fully saturated rings. The van der Waals surface area contributed by atoms with Crippen molar-refractivity contribution in [3.63, 3.8) is 0 Å². The fourth-order valence-electron chi connectivity index (χ4n) is 3.76. The number of nitrogens with one attached hydrogen (secondary N) is 2. The number of aliphatic imine (C=N–C) groups is 1. The fraction of sp³-hybridized carbons (Fsp3) is 0.273. The van der Waals surface area contributed by atoms with Crippen molar-refractivity contribution in [2.45, 2.75) is 27.7 Å². The molecule has 4 aromatic rings. The molecule has 0 aliphatic heterocycles. The molecule has 0 saturated heterocycles. The number of nitrogens with zero attached hydrogens (tertiary/aromatic N) is 4. The Kier molecular flexibility index (Phi) is 5.10. The van der Waals surface area contributed by atoms with Crippen molar-refractivity contribution < 1.29 is 9.26 Å². The van der Waals surface area contributed by atoms with Crippen LogP contribution in [-0.2, 0) is 0 Å². The number of aryl methyl sites for hydroxylation is 3. The molecule has 1 aromatic carbocycles. The lowest BCUT2D eigenvalue weighted by Crippen LogP contribution is -2.12. The maximum atomic E-state index is 5.82. The van der Waals surface area contributed by atoms with Crippen LogP contribution < -0.4 is 15.8 Å². The Labute approximate surface area is 179 Å². The maximum Gasteiger partial charge on any atom is 0.144 e. The number of H-pyrrole nitrogens is 1. The van der Waals surface area contributed by atoms with Crippen molar-refractivity contribution in [1.29, 1.82) is 0 Å². The van der Waals surface area contributed by atoms with Gasteiger partial charge in [0.25, 0.3) is 0 Å². The summed E-state index contributed by atoms with van der Waals surface area (Å²) in [4.78, 5) is 16.8. The van der Waals surface area contributed by atoms with Crippen LogP contribution in [0, 0.1) is 20.8 Å². The molecular formula is C22H25N7O2. The van der Waals surface area contributed by atoms with E-state index in [9.17, 15) is 0 Å². The maximum absolute atomic E-state index is 5.82. The van der Waals surface area contributed by atoms with Crippen molar-refractivity contribution in [3.05, 3.63) is 41.3 Å². The third-order valence-electron chi connectivity index (χ3n) is 5.33. The molecule has 4 rings (SSSR count). The Bertz CT molecular complexity index is 1340. The van der Waals surface area contributed by atoms with Crippen LogP contribution in [0.1, 0.15) is 24.2 Å². The molecule has 0 bridgehead atoms. The van der Waals surface area contributed by atoms with Gasteiger partial charge in [0.05, 0.1) is 35.2 Å². The number of hydrogen-bond acceptors (Lipinski definition) is 8. The van der Waals surface area contributed by atoms with Gasteiger partial charge in [-0.2, -0.15) is 0 Å². The Hall–Kier alpha value is -3.88. The van der Waals surface area contributed by atoms with Crippen LogP contribution in [0.2, 0.25) is 0 Å². The first kappa shape index (κ1) is 20.4. The summed E-state index contributed by atoms with van der Waals surface area (Å²) in [5.74, 6) is 2.70. The van der Waals surface area contributed by atoms with Gasteiger partial charge in [-0.25, -0.2) is 9.97 Å². The molecule has 0 spiro atoms. The van der Waals surface area contributed by atoms with Gasteiger partial charge in [0, 0.05) is 29.7 Å². The van der Waals surface area contributed by atoms with E-state index >= 15 is 0 Å². The van der Waals surface area contributed by atoms with Crippen LogP contribution in [0.5, 0.6) is 5.75 Å². The highest BCUT2D eigenvalue weighted by Gasteiger charge is 2.20. The molecule has 0 atom stereocenters. The van der Waals surface area contributed by atoms with E-state index in [4.69, 9.17) is 15.0 Å². The van der Waals surface area contributed by atoms with E-state index in [0.717, 1.165) is 44.6 Å². The van der Waals surface area contributed by atoms with Crippen molar-refractivity contribution in [1.82, 2.24) is 20.1 Å². The average Bonchev–Trinajstić information content (AvgIpc) is 3.28. The predicted octanol–water partition coefficient (Wildman–Crippen LogP) is 4.00. The number of benzene rings is 1. The summed E-state index contributed by atoms with van der Waals surface area (Å²) in [5.41, 5.74) is 11.5. The highest BCUT2D eigenvalue weighted by atomic mass is 16.5. The molecule has 0 unspecified atom stereocenters. The van der Waals surface area contributed by atoms with Crippen LogP contribution in [0.25, 0.3) is 33.1 Å². The minimum atomic E-state index is 0.627. The summed E-state index contributed by atoms with van der Waals surface area (Å²) in [7, 11) is 3.36. The minimum absolute atomic E-state index is 0.627. The van der Waals surface area contributed by atoms with Crippen molar-refractivity contribution in [2.24, 2.45) is 10.7 Å². The number of fused-ring (bicyclic) bond motifs is 3. The lowest BCUT2D eigenvalue weighted by Gasteiger charge is -2.12. The molecule has 0 aliphatic rings. The van der Waals surface area contributed by atoms with Gasteiger partial charge >= 0.3 is 0 Å². The topological polar surface area (TPSA) is 127 Å². The average molecular weight is 419 g/mol. The Morgan fingerprint density at radius 3 is 2.65 bits per heavy atom. The number of aromatic nitrogens is 4. The Morgan fingerprint density at radius 2 is 2.03 bits per heavy atom. The SMILES string of the molecule is CN=C(C)C(=CN)Nc1nc(C)nc2[nH]c3cc(-c4c(C)noc4C)c(OC)cc3c12. The van der Waals surface area contributed by atoms with E-state index in [1.807, 2.05) is 39.8 Å². The smallest absolute Gasteiger partial charge is 0.144 e. The lowest BCUT2D eigenvalue weighted by atomic mass is 10.0. The van der Waals surface area contributed by atoms with E-state index in [2.05, 4.69) is 30.4 Å². The van der Waals surface area contributed by atoms with Crippen LogP contribution in [0.15, 0.2) is 33.5 Å². The third kappa shape index (κ3) is 3.37. The summed E-state index contributed by atoms with van der Waals surface area (Å²) >= 11 is 0. The van der Waals surface area contributed by atoms with Gasteiger partial charge in [-0.1, -0.05) is 5.16 Å². The van der Waals surface area contributed by atoms with Gasteiger partial charge in [0.2, 0.25) is 0 Å². The predicted molar refractivity (Wildman–Crippen MR) is 123 cm³/mol. The van der Waals surface area contributed by atoms with Crippen molar-refractivity contribution in [2.75, 3.05) is 19.5 Å². The van der Waals surface area contributed by atoms with Gasteiger partial charge < -0.3 is 25.3 Å². The molecule has 160 valence electrons. The molecule has 31 heavy (non-hydrogen) atoms. The number of methoxy groups -OCH3 is 1. The van der Waals surface area contributed by atoms with E-state index in [1.165, 1.54) is 6.20 Å². The molecule has 0 aliphatic carbocycles. The number of hydrogen-bond donors (Lipinski definition) is 3. The molecule has 9 nitrogen and oxygen atoms in total. The number of allylic oxidation sites excluding steroid dienone is 1. The first-order valence-electron chi connectivity index (χ1n) is 9.81. The van der Waals surface area contributed by atoms with Crippen LogP contribution >= 0.6 is 0 Å². The summed E-state index contributed by atoms with van der Waals surface area (Å²) in [5, 5.41) is 9.15. The first-order valence-corrected chi connectivity index (χ1v) is 9.81. The van der Waals surface area contributed by atoms with Crippen molar-refractivity contribution >= 4 is 33.5 Å². The summed E-state index contributed by atoms with van der Waals surface area (Å²) < 4.78 is 11.1. The monoisotopic (exact) mass is 419 g/mol. The Balaban J connectivity index is 1.99. The van der Waals surface area contributed by atoms with E-state index in [-0.39, 0.29) is 0 Å². The number of anilines is 1. The molecule has 3 heterocycles. The van der Waals surface area contributed by atoms with E-state index in [0.29, 0.717) is 28.7 Å². The molecule has 4 N–H and O–H groups in total. The van der Waals surface area contributed by atoms with Crippen molar-refractivity contribution in [3.8, 4) is 16.9 Å². The largest absolute Gasteiger partial charge is 0.496 e. The van der Waals surface area contributed by atoms with Crippen LogP contribution in [-0.4, -0.2) is 40.0 Å². The van der Waals surface area contributed by atoms with Gasteiger partial charge in [-0.05, 0) is 39.8 Å². The zero-order valence-electron chi connectivity index (χ0n) is 18.4. The molecular weight excluding hydrogens is 394 g/mol. The first-order chi connectivity index (χ1) is 14.9. The van der Waals surface area contributed by atoms with Crippen LogP contribution in [0.3, 0.4) is 0 Å². The second-order valence-electron chi connectivity index (χ2n) is 7.28. The molecule has 9 heteroatoms. The third-order valence-corrected chi connectivity index (χ3v) is 5.33. The van der Waals surface area contributed by atoms with Gasteiger partial charge in [-0.15, -0.1) is 0 Å². The Morgan fingerprint density at radius 1 is 1.26 bits per heavy atom. The summed E-state index contributed by atoms with van der Waals surface area (Å²) in [6.07, 6.45) is 1.48. The van der Waals surface area contributed by atoms with Gasteiger partial charge in [-0.3, -0.25) is 4.99 Å². The molecule has 0 saturated carbocycles. The quantitative estimate of drug-likeness (QED) is 0.417. The number of aromatic amines is 1. The normalized spacial score (nSPS) is 12.7. The molecule has 0 amide bonds. The fourth-order valence-corrected chi connectivity index (χ4v) is 3.76. The second-order valence-corrected chi connectivity index (χ2v) is 7.28. The number of rotatable bonds is 5. The molecule has 3 aromatic heterocycles. The van der Waals surface area contributed by atoms with E-state index < -0.39 is 0 Å².